The van der Waals surface area contributed by atoms with E-state index in [1.807, 2.05) is 0 Å². The van der Waals surface area contributed by atoms with E-state index in [1.54, 1.807) is 0 Å². The molecular formula is C15H25NO. The van der Waals surface area contributed by atoms with Crippen molar-refractivity contribution in [2.24, 2.45) is 5.41 Å². The predicted octanol–water partition coefficient (Wildman–Crippen LogP) is 2.72. The molecule has 2 heteroatoms. The number of aliphatic hydroxyl groups excluding tert-OH is 1. The van der Waals surface area contributed by atoms with Gasteiger partial charge in [0, 0.05) is 25.1 Å². The normalized spacial score (nSPS) is 11.9. The first-order valence-corrected chi connectivity index (χ1v) is 6.24. The van der Waals surface area contributed by atoms with Crippen LogP contribution in [-0.2, 0) is 6.54 Å². The first-order valence-electron chi connectivity index (χ1n) is 6.24. The summed E-state index contributed by atoms with van der Waals surface area (Å²) in [4.78, 5) is 0. The van der Waals surface area contributed by atoms with Gasteiger partial charge in [-0.2, -0.15) is 0 Å². The van der Waals surface area contributed by atoms with Gasteiger partial charge >= 0.3 is 0 Å². The molecule has 17 heavy (non-hydrogen) atoms. The lowest BCUT2D eigenvalue weighted by Crippen LogP contribution is -2.32. The van der Waals surface area contributed by atoms with Gasteiger partial charge < -0.3 is 10.4 Å². The molecule has 0 heterocycles. The van der Waals surface area contributed by atoms with Crippen molar-refractivity contribution in [3.8, 4) is 0 Å². The SMILES string of the molecule is Cc1cc(C)c(CNCC(C)(C)CO)cc1C. The Morgan fingerprint density at radius 1 is 1.06 bits per heavy atom. The van der Waals surface area contributed by atoms with E-state index in [4.69, 9.17) is 0 Å². The van der Waals surface area contributed by atoms with Crippen molar-refractivity contribution in [2.45, 2.75) is 41.2 Å². The van der Waals surface area contributed by atoms with Gasteiger partial charge in [0.15, 0.2) is 0 Å². The van der Waals surface area contributed by atoms with Crippen LogP contribution in [-0.4, -0.2) is 18.3 Å². The molecule has 0 bridgehead atoms. The summed E-state index contributed by atoms with van der Waals surface area (Å²) in [5, 5.41) is 12.6. The second-order valence-corrected chi connectivity index (χ2v) is 5.79. The van der Waals surface area contributed by atoms with Crippen molar-refractivity contribution in [1.82, 2.24) is 5.32 Å². The van der Waals surface area contributed by atoms with Crippen LogP contribution >= 0.6 is 0 Å². The van der Waals surface area contributed by atoms with Crippen LogP contribution in [0.15, 0.2) is 12.1 Å². The van der Waals surface area contributed by atoms with Crippen LogP contribution in [0, 0.1) is 26.2 Å². The fourth-order valence-electron chi connectivity index (χ4n) is 1.80. The van der Waals surface area contributed by atoms with E-state index in [0.29, 0.717) is 0 Å². The van der Waals surface area contributed by atoms with Gasteiger partial charge in [-0.3, -0.25) is 0 Å². The molecule has 0 aliphatic rings. The van der Waals surface area contributed by atoms with Crippen molar-refractivity contribution in [3.05, 3.63) is 34.4 Å². The monoisotopic (exact) mass is 235 g/mol. The van der Waals surface area contributed by atoms with Crippen molar-refractivity contribution >= 4 is 0 Å². The number of nitrogens with one attached hydrogen (secondary N) is 1. The van der Waals surface area contributed by atoms with Crippen LogP contribution in [0.2, 0.25) is 0 Å². The zero-order valence-electron chi connectivity index (χ0n) is 11.7. The summed E-state index contributed by atoms with van der Waals surface area (Å²) >= 11 is 0. The predicted molar refractivity (Wildman–Crippen MR) is 73.2 cm³/mol. The van der Waals surface area contributed by atoms with Gasteiger partial charge in [0.2, 0.25) is 0 Å². The lowest BCUT2D eigenvalue weighted by atomic mass is 9.94. The van der Waals surface area contributed by atoms with E-state index < -0.39 is 0 Å². The average Bonchev–Trinajstić information content (AvgIpc) is 2.25. The highest BCUT2D eigenvalue weighted by Gasteiger charge is 2.15. The van der Waals surface area contributed by atoms with E-state index in [9.17, 15) is 5.11 Å². The van der Waals surface area contributed by atoms with Crippen molar-refractivity contribution < 1.29 is 5.11 Å². The zero-order chi connectivity index (χ0) is 13.1. The minimum Gasteiger partial charge on any atom is -0.396 e. The Labute approximate surface area is 105 Å². The molecule has 0 radical (unpaired) electrons. The highest BCUT2D eigenvalue weighted by Crippen LogP contribution is 2.16. The number of rotatable bonds is 5. The summed E-state index contributed by atoms with van der Waals surface area (Å²) in [6.07, 6.45) is 0. The lowest BCUT2D eigenvalue weighted by Gasteiger charge is -2.22. The number of benzene rings is 1. The van der Waals surface area contributed by atoms with E-state index >= 15 is 0 Å². The molecule has 0 atom stereocenters. The molecule has 0 unspecified atom stereocenters. The molecule has 96 valence electrons. The molecule has 0 fully saturated rings. The van der Waals surface area contributed by atoms with Crippen LogP contribution < -0.4 is 5.32 Å². The molecule has 0 aromatic heterocycles. The van der Waals surface area contributed by atoms with Crippen molar-refractivity contribution in [3.63, 3.8) is 0 Å². The van der Waals surface area contributed by atoms with Crippen molar-refractivity contribution in [1.29, 1.82) is 0 Å². The Balaban J connectivity index is 2.61. The quantitative estimate of drug-likeness (QED) is 0.822. The van der Waals surface area contributed by atoms with Gasteiger partial charge in [-0.15, -0.1) is 0 Å². The zero-order valence-corrected chi connectivity index (χ0v) is 11.7. The number of hydrogen-bond acceptors (Lipinski definition) is 2. The van der Waals surface area contributed by atoms with Crippen LogP contribution in [0.5, 0.6) is 0 Å². The lowest BCUT2D eigenvalue weighted by molar-refractivity contribution is 0.156. The van der Waals surface area contributed by atoms with Crippen LogP contribution in [0.3, 0.4) is 0 Å². The Bertz CT molecular complexity index is 383. The fourth-order valence-corrected chi connectivity index (χ4v) is 1.80. The summed E-state index contributed by atoms with van der Waals surface area (Å²) in [5.41, 5.74) is 5.33. The summed E-state index contributed by atoms with van der Waals surface area (Å²) in [7, 11) is 0. The van der Waals surface area contributed by atoms with Crippen molar-refractivity contribution in [2.75, 3.05) is 13.2 Å². The Hall–Kier alpha value is -0.860. The maximum Gasteiger partial charge on any atom is 0.0494 e. The van der Waals surface area contributed by atoms with Gasteiger partial charge in [0.1, 0.15) is 0 Å². The minimum atomic E-state index is -0.0480. The summed E-state index contributed by atoms with van der Waals surface area (Å²) in [6, 6.07) is 4.49. The Kier molecular flexibility index (Phi) is 4.72. The first-order chi connectivity index (χ1) is 7.85. The first kappa shape index (κ1) is 14.2. The molecule has 0 amide bonds. The highest BCUT2D eigenvalue weighted by atomic mass is 16.3. The van der Waals surface area contributed by atoms with Gasteiger partial charge in [-0.1, -0.05) is 26.0 Å². The standard InChI is InChI=1S/C15H25NO/c1-11-6-13(3)14(7-12(11)2)8-16-9-15(4,5)10-17/h6-7,16-17H,8-10H2,1-5H3. The smallest absolute Gasteiger partial charge is 0.0494 e. The second kappa shape index (κ2) is 5.65. The van der Waals surface area contributed by atoms with E-state index in [0.717, 1.165) is 13.1 Å². The average molecular weight is 235 g/mol. The Morgan fingerprint density at radius 2 is 1.65 bits per heavy atom. The third kappa shape index (κ3) is 4.14. The number of aryl methyl sites for hydroxylation is 3. The molecule has 2 N–H and O–H groups in total. The van der Waals surface area contributed by atoms with Gasteiger partial charge in [0.05, 0.1) is 0 Å². The molecule has 0 saturated carbocycles. The summed E-state index contributed by atoms with van der Waals surface area (Å²) in [5.74, 6) is 0. The third-order valence-electron chi connectivity index (χ3n) is 3.30. The molecule has 0 aliphatic carbocycles. The van der Waals surface area contributed by atoms with E-state index in [1.165, 1.54) is 22.3 Å². The van der Waals surface area contributed by atoms with Crippen LogP contribution in [0.4, 0.5) is 0 Å². The molecule has 1 aromatic rings. The molecule has 1 aromatic carbocycles. The van der Waals surface area contributed by atoms with Crippen LogP contribution in [0.1, 0.15) is 36.1 Å². The maximum atomic E-state index is 9.19. The highest BCUT2D eigenvalue weighted by molar-refractivity contribution is 5.36. The van der Waals surface area contributed by atoms with Gasteiger partial charge in [0.25, 0.3) is 0 Å². The maximum absolute atomic E-state index is 9.19. The van der Waals surface area contributed by atoms with E-state index in [2.05, 4.69) is 52.1 Å². The number of aliphatic hydroxyl groups is 1. The molecule has 0 aliphatic heterocycles. The largest absolute Gasteiger partial charge is 0.396 e. The topological polar surface area (TPSA) is 32.3 Å². The number of hydrogen-bond donors (Lipinski definition) is 2. The molecule has 2 nitrogen and oxygen atoms in total. The fraction of sp³-hybridized carbons (Fsp3) is 0.600. The molecular weight excluding hydrogens is 210 g/mol. The third-order valence-corrected chi connectivity index (χ3v) is 3.30. The van der Waals surface area contributed by atoms with Gasteiger partial charge in [-0.25, -0.2) is 0 Å². The molecule has 0 saturated heterocycles. The van der Waals surface area contributed by atoms with Gasteiger partial charge in [-0.05, 0) is 43.0 Å². The second-order valence-electron chi connectivity index (χ2n) is 5.79. The van der Waals surface area contributed by atoms with Crippen LogP contribution in [0.25, 0.3) is 0 Å². The molecule has 0 spiro atoms. The molecule has 1 rings (SSSR count). The minimum absolute atomic E-state index is 0.0480. The Morgan fingerprint density at radius 3 is 2.24 bits per heavy atom. The summed E-state index contributed by atoms with van der Waals surface area (Å²) in [6.45, 7) is 12.5. The summed E-state index contributed by atoms with van der Waals surface area (Å²) < 4.78 is 0. The van der Waals surface area contributed by atoms with E-state index in [-0.39, 0.29) is 12.0 Å².